The smallest absolute Gasteiger partial charge is 0.255 e. The quantitative estimate of drug-likeness (QED) is 0.604. The molecule has 3 heterocycles. The van der Waals surface area contributed by atoms with Gasteiger partial charge in [-0.2, -0.15) is 0 Å². The molecule has 2 bridgehead atoms. The molecule has 0 saturated carbocycles. The van der Waals surface area contributed by atoms with Crippen LogP contribution in [0.25, 0.3) is 21.5 Å². The van der Waals surface area contributed by atoms with Gasteiger partial charge in [0.2, 0.25) is 5.91 Å². The van der Waals surface area contributed by atoms with Gasteiger partial charge in [-0.15, -0.1) is 0 Å². The molecular formula is C24H24N2O2. The summed E-state index contributed by atoms with van der Waals surface area (Å²) in [6.45, 7) is 3.80. The first-order valence-corrected chi connectivity index (χ1v) is 10.1. The summed E-state index contributed by atoms with van der Waals surface area (Å²) in [6.07, 6.45) is 2.07. The number of amides is 2. The molecule has 3 fully saturated rings. The molecule has 0 aliphatic carbocycles. The summed E-state index contributed by atoms with van der Waals surface area (Å²) in [4.78, 5) is 29.8. The minimum Gasteiger partial charge on any atom is -0.341 e. The Morgan fingerprint density at radius 3 is 2.14 bits per heavy atom. The number of hydrogen-bond donors (Lipinski definition) is 0. The molecule has 6 rings (SSSR count). The van der Waals surface area contributed by atoms with E-state index in [4.69, 9.17) is 0 Å². The SMILES string of the molecule is CC(=O)N1C[C@@H]2CC[C@H](C1)N(C(=O)c1c3ccccc3cc3ccccc13)C2. The second-order valence-corrected chi connectivity index (χ2v) is 8.17. The van der Waals surface area contributed by atoms with Crippen LogP contribution >= 0.6 is 0 Å². The van der Waals surface area contributed by atoms with Crippen LogP contribution in [0.3, 0.4) is 0 Å². The summed E-state index contributed by atoms with van der Waals surface area (Å²) in [5.41, 5.74) is 0.802. The van der Waals surface area contributed by atoms with E-state index in [1.165, 1.54) is 0 Å². The average Bonchev–Trinajstić information content (AvgIpc) is 3.04. The van der Waals surface area contributed by atoms with Gasteiger partial charge in [0.05, 0.1) is 5.56 Å². The van der Waals surface area contributed by atoms with E-state index >= 15 is 0 Å². The average molecular weight is 372 g/mol. The molecule has 0 N–H and O–H groups in total. The number of carbonyl (C=O) groups excluding carboxylic acids is 2. The summed E-state index contributed by atoms with van der Waals surface area (Å²) in [5, 5.41) is 4.20. The van der Waals surface area contributed by atoms with E-state index in [-0.39, 0.29) is 17.9 Å². The van der Waals surface area contributed by atoms with Crippen molar-refractivity contribution in [3.8, 4) is 0 Å². The van der Waals surface area contributed by atoms with Gasteiger partial charge in [-0.3, -0.25) is 9.59 Å². The highest BCUT2D eigenvalue weighted by atomic mass is 16.2. The van der Waals surface area contributed by atoms with Gasteiger partial charge in [0.1, 0.15) is 0 Å². The highest BCUT2D eigenvalue weighted by Crippen LogP contribution is 2.34. The van der Waals surface area contributed by atoms with Crippen LogP contribution < -0.4 is 0 Å². The molecule has 2 atom stereocenters. The molecule has 3 aromatic carbocycles. The zero-order valence-corrected chi connectivity index (χ0v) is 16.1. The fourth-order valence-corrected chi connectivity index (χ4v) is 4.98. The maximum absolute atomic E-state index is 13.9. The molecule has 0 radical (unpaired) electrons. The third-order valence-corrected chi connectivity index (χ3v) is 6.40. The van der Waals surface area contributed by atoms with Crippen molar-refractivity contribution < 1.29 is 9.59 Å². The molecule has 0 unspecified atom stereocenters. The third kappa shape index (κ3) is 2.75. The monoisotopic (exact) mass is 372 g/mol. The Morgan fingerprint density at radius 1 is 0.857 bits per heavy atom. The molecule has 3 aromatic rings. The molecule has 3 aliphatic rings. The Labute approximate surface area is 164 Å². The standard InChI is InChI=1S/C24H24N2O2/c1-16(27)25-13-17-10-11-20(15-25)26(14-17)24(28)23-21-8-4-2-6-18(21)12-19-7-3-5-9-22(19)23/h2-9,12,17,20H,10-11,13-15H2,1H3/t17-,20+/m0/s1. The highest BCUT2D eigenvalue weighted by molar-refractivity contribution is 6.18. The van der Waals surface area contributed by atoms with Crippen molar-refractivity contribution in [3.05, 3.63) is 60.2 Å². The van der Waals surface area contributed by atoms with E-state index in [2.05, 4.69) is 18.2 Å². The number of carbonyl (C=O) groups is 2. The van der Waals surface area contributed by atoms with E-state index in [1.807, 2.05) is 46.2 Å². The zero-order chi connectivity index (χ0) is 19.3. The first-order valence-electron chi connectivity index (χ1n) is 10.1. The Hall–Kier alpha value is -2.88. The summed E-state index contributed by atoms with van der Waals surface area (Å²) in [6, 6.07) is 18.5. The van der Waals surface area contributed by atoms with Crippen LogP contribution in [0.5, 0.6) is 0 Å². The Morgan fingerprint density at radius 2 is 1.50 bits per heavy atom. The van der Waals surface area contributed by atoms with Crippen molar-refractivity contribution in [2.24, 2.45) is 5.92 Å². The van der Waals surface area contributed by atoms with Gasteiger partial charge in [0.25, 0.3) is 5.91 Å². The summed E-state index contributed by atoms with van der Waals surface area (Å²) in [7, 11) is 0. The summed E-state index contributed by atoms with van der Waals surface area (Å²) >= 11 is 0. The van der Waals surface area contributed by atoms with Crippen LogP contribution in [-0.4, -0.2) is 47.3 Å². The topological polar surface area (TPSA) is 40.6 Å². The van der Waals surface area contributed by atoms with Crippen molar-refractivity contribution in [2.75, 3.05) is 19.6 Å². The van der Waals surface area contributed by atoms with Gasteiger partial charge >= 0.3 is 0 Å². The molecule has 4 nitrogen and oxygen atoms in total. The van der Waals surface area contributed by atoms with Gasteiger partial charge in [-0.05, 0) is 46.4 Å². The largest absolute Gasteiger partial charge is 0.341 e. The van der Waals surface area contributed by atoms with E-state index in [9.17, 15) is 9.59 Å². The van der Waals surface area contributed by atoms with Gasteiger partial charge in [-0.25, -0.2) is 0 Å². The van der Waals surface area contributed by atoms with Gasteiger partial charge in [-0.1, -0.05) is 48.5 Å². The normalized spacial score (nSPS) is 21.9. The number of fused-ring (bicyclic) bond motifs is 6. The lowest BCUT2D eigenvalue weighted by Crippen LogP contribution is -2.47. The second-order valence-electron chi connectivity index (χ2n) is 8.17. The zero-order valence-electron chi connectivity index (χ0n) is 16.1. The van der Waals surface area contributed by atoms with Crippen LogP contribution in [0.15, 0.2) is 54.6 Å². The Kier molecular flexibility index (Phi) is 4.08. The van der Waals surface area contributed by atoms with Crippen LogP contribution in [-0.2, 0) is 4.79 Å². The third-order valence-electron chi connectivity index (χ3n) is 6.40. The van der Waals surface area contributed by atoms with E-state index in [0.717, 1.165) is 53.0 Å². The molecule has 28 heavy (non-hydrogen) atoms. The predicted molar refractivity (Wildman–Crippen MR) is 111 cm³/mol. The molecule has 0 spiro atoms. The lowest BCUT2D eigenvalue weighted by Gasteiger charge is -2.36. The summed E-state index contributed by atoms with van der Waals surface area (Å²) < 4.78 is 0. The number of rotatable bonds is 1. The first kappa shape index (κ1) is 17.2. The maximum atomic E-state index is 13.9. The van der Waals surface area contributed by atoms with Crippen LogP contribution in [0.4, 0.5) is 0 Å². The lowest BCUT2D eigenvalue weighted by atomic mass is 9.91. The van der Waals surface area contributed by atoms with Crippen molar-refractivity contribution in [2.45, 2.75) is 25.8 Å². The van der Waals surface area contributed by atoms with Gasteiger partial charge in [0.15, 0.2) is 0 Å². The number of piperidine rings is 1. The Balaban J connectivity index is 1.64. The molecule has 0 aromatic heterocycles. The van der Waals surface area contributed by atoms with Crippen molar-refractivity contribution in [1.29, 1.82) is 0 Å². The predicted octanol–water partition coefficient (Wildman–Crippen LogP) is 4.08. The number of nitrogens with zero attached hydrogens (tertiary/aromatic N) is 2. The fraction of sp³-hybridized carbons (Fsp3) is 0.333. The lowest BCUT2D eigenvalue weighted by molar-refractivity contribution is -0.129. The van der Waals surface area contributed by atoms with Crippen molar-refractivity contribution >= 4 is 33.4 Å². The first-order chi connectivity index (χ1) is 13.6. The van der Waals surface area contributed by atoms with Gasteiger partial charge in [0, 0.05) is 32.6 Å². The van der Waals surface area contributed by atoms with Crippen molar-refractivity contribution in [3.63, 3.8) is 0 Å². The molecule has 3 aliphatic heterocycles. The molecule has 4 heteroatoms. The number of benzene rings is 3. The van der Waals surface area contributed by atoms with Crippen molar-refractivity contribution in [1.82, 2.24) is 9.80 Å². The molecule has 2 amide bonds. The van der Waals surface area contributed by atoms with E-state index in [0.29, 0.717) is 12.5 Å². The molecular weight excluding hydrogens is 348 g/mol. The number of hydrogen-bond acceptors (Lipinski definition) is 2. The molecule has 3 saturated heterocycles. The van der Waals surface area contributed by atoms with Crippen LogP contribution in [0, 0.1) is 5.92 Å². The van der Waals surface area contributed by atoms with Crippen LogP contribution in [0.2, 0.25) is 0 Å². The van der Waals surface area contributed by atoms with E-state index < -0.39 is 0 Å². The highest BCUT2D eigenvalue weighted by Gasteiger charge is 2.38. The second kappa shape index (κ2) is 6.62. The molecule has 142 valence electrons. The van der Waals surface area contributed by atoms with E-state index in [1.54, 1.807) is 6.92 Å². The summed E-state index contributed by atoms with van der Waals surface area (Å²) in [5.74, 6) is 0.586. The minimum atomic E-state index is 0.105. The minimum absolute atomic E-state index is 0.105. The Bertz CT molecular complexity index is 1040. The van der Waals surface area contributed by atoms with Crippen LogP contribution in [0.1, 0.15) is 30.1 Å². The maximum Gasteiger partial charge on any atom is 0.255 e. The van der Waals surface area contributed by atoms with Gasteiger partial charge < -0.3 is 9.80 Å². The fourth-order valence-electron chi connectivity index (χ4n) is 4.98.